The highest BCUT2D eigenvalue weighted by Crippen LogP contribution is 2.34. The lowest BCUT2D eigenvalue weighted by molar-refractivity contribution is -0.275. The molecule has 0 radical (unpaired) electrons. The number of para-hydroxylation sites is 1. The molecule has 1 heterocycles. The number of alkyl halides is 6. The average Bonchev–Trinajstić information content (AvgIpc) is 3.12. The van der Waals surface area contributed by atoms with Gasteiger partial charge in [0.15, 0.2) is 17.2 Å². The monoisotopic (exact) mass is 516 g/mol. The number of nitrogens with zero attached hydrogens (tertiary/aromatic N) is 3. The first-order valence-electron chi connectivity index (χ1n) is 8.50. The maximum atomic E-state index is 14.0. The molecule has 182 valence electrons. The summed E-state index contributed by atoms with van der Waals surface area (Å²) in [6.45, 7) is 0. The first kappa shape index (κ1) is 24.9. The third-order valence-corrected chi connectivity index (χ3v) is 5.25. The van der Waals surface area contributed by atoms with Crippen LogP contribution in [0, 0.1) is 11.6 Å². The molecule has 0 atom stereocenters. The summed E-state index contributed by atoms with van der Waals surface area (Å²) >= 11 is 0. The number of sulfonamides is 1. The van der Waals surface area contributed by atoms with Crippen molar-refractivity contribution in [3.05, 3.63) is 65.5 Å². The smallest absolute Gasteiger partial charge is 0.404 e. The standard InChI is InChI=1S/C17H8F8N4O4S/c18-8-5-6-10(9(19)7-8)29-14(16(20,21)22)13(26-28-29)15(30)27-34(31,32)12-4-2-1-3-11(12)33-17(23,24)25/h1-7H,(H,27,30). The molecule has 0 saturated carbocycles. The summed E-state index contributed by atoms with van der Waals surface area (Å²) in [6, 6.07) is 4.45. The van der Waals surface area contributed by atoms with E-state index < -0.39 is 67.8 Å². The van der Waals surface area contributed by atoms with Gasteiger partial charge in [0, 0.05) is 6.07 Å². The molecule has 1 amide bonds. The lowest BCUT2D eigenvalue weighted by atomic mass is 10.2. The van der Waals surface area contributed by atoms with Crippen LogP contribution < -0.4 is 9.46 Å². The number of aromatic nitrogens is 3. The molecule has 2 aromatic carbocycles. The van der Waals surface area contributed by atoms with Gasteiger partial charge in [0.2, 0.25) is 0 Å². The van der Waals surface area contributed by atoms with E-state index in [-0.39, 0.29) is 10.7 Å². The van der Waals surface area contributed by atoms with E-state index in [1.54, 1.807) is 0 Å². The number of hydrogen-bond acceptors (Lipinski definition) is 6. The zero-order valence-electron chi connectivity index (χ0n) is 15.9. The number of benzene rings is 2. The molecular weight excluding hydrogens is 508 g/mol. The van der Waals surface area contributed by atoms with Gasteiger partial charge in [0.25, 0.3) is 15.9 Å². The van der Waals surface area contributed by atoms with E-state index in [0.717, 1.165) is 16.9 Å². The Morgan fingerprint density at radius 1 is 1.00 bits per heavy atom. The molecule has 0 aliphatic carbocycles. The zero-order valence-corrected chi connectivity index (χ0v) is 16.8. The van der Waals surface area contributed by atoms with Crippen LogP contribution in [-0.2, 0) is 16.2 Å². The largest absolute Gasteiger partial charge is 0.573 e. The van der Waals surface area contributed by atoms with E-state index in [4.69, 9.17) is 0 Å². The van der Waals surface area contributed by atoms with Crippen LogP contribution in [0.2, 0.25) is 0 Å². The second-order valence-electron chi connectivity index (χ2n) is 6.22. The van der Waals surface area contributed by atoms with Crippen molar-refractivity contribution >= 4 is 15.9 Å². The van der Waals surface area contributed by atoms with Gasteiger partial charge in [-0.2, -0.15) is 13.2 Å². The Morgan fingerprint density at radius 3 is 2.24 bits per heavy atom. The number of halogens is 8. The van der Waals surface area contributed by atoms with Crippen LogP contribution in [-0.4, -0.2) is 35.7 Å². The summed E-state index contributed by atoms with van der Waals surface area (Å²) in [5.74, 6) is -5.99. The Morgan fingerprint density at radius 2 is 1.65 bits per heavy atom. The molecule has 8 nitrogen and oxygen atoms in total. The number of rotatable bonds is 5. The van der Waals surface area contributed by atoms with Gasteiger partial charge in [-0.25, -0.2) is 26.6 Å². The van der Waals surface area contributed by atoms with E-state index in [0.29, 0.717) is 24.3 Å². The predicted molar refractivity (Wildman–Crippen MR) is 94.1 cm³/mol. The predicted octanol–water partition coefficient (Wildman–Crippen LogP) is 3.58. The Bertz CT molecular complexity index is 1350. The molecule has 0 fully saturated rings. The molecule has 0 saturated heterocycles. The van der Waals surface area contributed by atoms with Crippen molar-refractivity contribution in [1.82, 2.24) is 19.7 Å². The Hall–Kier alpha value is -3.76. The highest BCUT2D eigenvalue weighted by Gasteiger charge is 2.43. The highest BCUT2D eigenvalue weighted by molar-refractivity contribution is 7.90. The summed E-state index contributed by atoms with van der Waals surface area (Å²) in [5.41, 5.74) is -4.67. The molecule has 3 rings (SSSR count). The fourth-order valence-corrected chi connectivity index (χ4v) is 3.70. The maximum Gasteiger partial charge on any atom is 0.573 e. The third-order valence-electron chi connectivity index (χ3n) is 3.88. The highest BCUT2D eigenvalue weighted by atomic mass is 32.2. The number of nitrogens with one attached hydrogen (secondary N) is 1. The normalized spacial score (nSPS) is 12.5. The van der Waals surface area contributed by atoms with Crippen molar-refractivity contribution in [3.63, 3.8) is 0 Å². The Kier molecular flexibility index (Phi) is 6.25. The van der Waals surface area contributed by atoms with E-state index in [1.807, 2.05) is 0 Å². The topological polar surface area (TPSA) is 103 Å². The van der Waals surface area contributed by atoms with E-state index in [1.165, 1.54) is 0 Å². The van der Waals surface area contributed by atoms with Crippen LogP contribution in [0.4, 0.5) is 35.1 Å². The SMILES string of the molecule is O=C(NS(=O)(=O)c1ccccc1OC(F)(F)F)c1nnn(-c2ccc(F)cc2F)c1C(F)(F)F. The molecule has 0 unspecified atom stereocenters. The first-order valence-corrected chi connectivity index (χ1v) is 9.99. The van der Waals surface area contributed by atoms with Crippen LogP contribution in [0.15, 0.2) is 47.4 Å². The van der Waals surface area contributed by atoms with Crippen LogP contribution in [0.5, 0.6) is 5.75 Å². The van der Waals surface area contributed by atoms with Crippen molar-refractivity contribution in [2.75, 3.05) is 0 Å². The first-order chi connectivity index (χ1) is 15.6. The van der Waals surface area contributed by atoms with Crippen LogP contribution in [0.1, 0.15) is 16.2 Å². The summed E-state index contributed by atoms with van der Waals surface area (Å²) in [5, 5.41) is 5.92. The number of carbonyl (C=O) groups excluding carboxylic acids is 1. The third kappa shape index (κ3) is 5.24. The molecule has 17 heteroatoms. The van der Waals surface area contributed by atoms with Crippen LogP contribution >= 0.6 is 0 Å². The molecule has 0 bridgehead atoms. The van der Waals surface area contributed by atoms with Crippen LogP contribution in [0.25, 0.3) is 5.69 Å². The van der Waals surface area contributed by atoms with Gasteiger partial charge in [0.1, 0.15) is 22.1 Å². The van der Waals surface area contributed by atoms with Crippen molar-refractivity contribution in [2.45, 2.75) is 17.4 Å². The fraction of sp³-hybridized carbons (Fsp3) is 0.118. The van der Waals surface area contributed by atoms with E-state index in [2.05, 4.69) is 15.0 Å². The number of hydrogen-bond donors (Lipinski definition) is 1. The summed E-state index contributed by atoms with van der Waals surface area (Å²) in [6.07, 6.45) is -10.8. The van der Waals surface area contributed by atoms with Gasteiger partial charge >= 0.3 is 12.5 Å². The molecular formula is C17H8F8N4O4S. The summed E-state index contributed by atoms with van der Waals surface area (Å²) in [4.78, 5) is 11.1. The van der Waals surface area contributed by atoms with Gasteiger partial charge in [0.05, 0.1) is 0 Å². The number of amides is 1. The van der Waals surface area contributed by atoms with Crippen molar-refractivity contribution in [2.24, 2.45) is 0 Å². The quantitative estimate of drug-likeness (QED) is 0.521. The lowest BCUT2D eigenvalue weighted by Crippen LogP contribution is -2.33. The van der Waals surface area contributed by atoms with Gasteiger partial charge in [-0.3, -0.25) is 4.79 Å². The summed E-state index contributed by atoms with van der Waals surface area (Å²) in [7, 11) is -5.23. The van der Waals surface area contributed by atoms with Gasteiger partial charge in [-0.05, 0) is 24.3 Å². The number of carbonyl (C=O) groups is 1. The second-order valence-corrected chi connectivity index (χ2v) is 7.87. The molecule has 1 aromatic heterocycles. The minimum atomic E-state index is -5.46. The van der Waals surface area contributed by atoms with Crippen molar-refractivity contribution in [3.8, 4) is 11.4 Å². The summed E-state index contributed by atoms with van der Waals surface area (Å²) < 4.78 is 135. The minimum absolute atomic E-state index is 0.211. The average molecular weight is 516 g/mol. The molecule has 0 aliphatic heterocycles. The maximum absolute atomic E-state index is 14.0. The molecule has 0 spiro atoms. The van der Waals surface area contributed by atoms with Gasteiger partial charge in [-0.15, -0.1) is 18.3 Å². The lowest BCUT2D eigenvalue weighted by Gasteiger charge is -2.14. The van der Waals surface area contributed by atoms with Crippen molar-refractivity contribution < 1.29 is 53.1 Å². The van der Waals surface area contributed by atoms with Gasteiger partial charge in [-0.1, -0.05) is 17.3 Å². The molecule has 3 aromatic rings. The number of ether oxygens (including phenoxy) is 1. The minimum Gasteiger partial charge on any atom is -0.404 e. The Labute approximate surface area is 183 Å². The van der Waals surface area contributed by atoms with Gasteiger partial charge < -0.3 is 4.74 Å². The van der Waals surface area contributed by atoms with E-state index >= 15 is 0 Å². The fourth-order valence-electron chi connectivity index (χ4n) is 2.62. The van der Waals surface area contributed by atoms with Crippen molar-refractivity contribution in [1.29, 1.82) is 0 Å². The Balaban J connectivity index is 2.04. The van der Waals surface area contributed by atoms with E-state index in [9.17, 15) is 48.3 Å². The second kappa shape index (κ2) is 8.54. The zero-order chi connectivity index (χ0) is 25.5. The molecule has 0 aliphatic rings. The molecule has 34 heavy (non-hydrogen) atoms. The van der Waals surface area contributed by atoms with Crippen LogP contribution in [0.3, 0.4) is 0 Å². The molecule has 1 N–H and O–H groups in total.